The molecule has 1 N–H and O–H groups in total. The molecule has 0 unspecified atom stereocenters. The van der Waals surface area contributed by atoms with Gasteiger partial charge in [0.2, 0.25) is 0 Å². The van der Waals surface area contributed by atoms with Crippen LogP contribution in [0, 0.1) is 0 Å². The van der Waals surface area contributed by atoms with Crippen molar-refractivity contribution >= 4 is 21.4 Å². The van der Waals surface area contributed by atoms with Crippen molar-refractivity contribution in [2.45, 2.75) is 18.4 Å². The normalized spacial score (nSPS) is 11.5. The molecule has 0 saturated carbocycles. The van der Waals surface area contributed by atoms with Gasteiger partial charge in [-0.05, 0) is 19.1 Å². The van der Waals surface area contributed by atoms with E-state index < -0.39 is 9.84 Å². The van der Waals surface area contributed by atoms with Crippen LogP contribution < -0.4 is 5.32 Å². The molecule has 1 aromatic carbocycles. The van der Waals surface area contributed by atoms with Crippen LogP contribution in [0.3, 0.4) is 0 Å². The van der Waals surface area contributed by atoms with Crippen LogP contribution in [0.25, 0.3) is 0 Å². The minimum Gasteiger partial charge on any atom is -0.309 e. The van der Waals surface area contributed by atoms with E-state index in [1.807, 2.05) is 6.92 Å². The molecular weight excluding hydrogens is 258 g/mol. The predicted octanol–water partition coefficient (Wildman–Crippen LogP) is 2.41. The molecule has 1 aromatic rings. The smallest absolute Gasteiger partial charge is 0.175 e. The van der Waals surface area contributed by atoms with Gasteiger partial charge in [-0.2, -0.15) is 0 Å². The minimum absolute atomic E-state index is 0.277. The summed E-state index contributed by atoms with van der Waals surface area (Å²) in [6, 6.07) is 4.90. The van der Waals surface area contributed by atoms with Crippen molar-refractivity contribution in [2.24, 2.45) is 0 Å². The van der Waals surface area contributed by atoms with E-state index in [0.29, 0.717) is 23.7 Å². The second-order valence-electron chi connectivity index (χ2n) is 4.05. The number of sulfone groups is 1. The number of nitrogens with one attached hydrogen (secondary N) is 1. The van der Waals surface area contributed by atoms with E-state index in [1.54, 1.807) is 18.2 Å². The first kappa shape index (κ1) is 14.2. The standard InChI is InChI=1S/C12H16ClNO2S/c1-9(2)7-14-8-10-11(13)5-4-6-12(10)17(3,15)16/h4-6,14H,1,7-8H2,2-3H3. The average molecular weight is 274 g/mol. The van der Waals surface area contributed by atoms with Crippen LogP contribution in [0.1, 0.15) is 12.5 Å². The second-order valence-corrected chi connectivity index (χ2v) is 6.44. The third-order valence-electron chi connectivity index (χ3n) is 2.20. The molecule has 1 rings (SSSR count). The van der Waals surface area contributed by atoms with Crippen LogP contribution in [0.15, 0.2) is 35.2 Å². The topological polar surface area (TPSA) is 46.2 Å². The predicted molar refractivity (Wildman–Crippen MR) is 71.1 cm³/mol. The zero-order valence-electron chi connectivity index (χ0n) is 9.96. The van der Waals surface area contributed by atoms with Gasteiger partial charge in [-0.25, -0.2) is 8.42 Å². The Balaban J connectivity index is 3.01. The molecule has 0 spiro atoms. The number of hydrogen-bond acceptors (Lipinski definition) is 3. The van der Waals surface area contributed by atoms with E-state index in [2.05, 4.69) is 11.9 Å². The Morgan fingerprint density at radius 2 is 2.12 bits per heavy atom. The van der Waals surface area contributed by atoms with Crippen LogP contribution in [0.5, 0.6) is 0 Å². The number of hydrogen-bond donors (Lipinski definition) is 1. The molecule has 94 valence electrons. The van der Waals surface area contributed by atoms with E-state index in [4.69, 9.17) is 11.6 Å². The maximum atomic E-state index is 11.6. The number of rotatable bonds is 5. The summed E-state index contributed by atoms with van der Waals surface area (Å²) in [4.78, 5) is 0.277. The summed E-state index contributed by atoms with van der Waals surface area (Å²) in [5.74, 6) is 0. The molecule has 0 bridgehead atoms. The van der Waals surface area contributed by atoms with Crippen molar-refractivity contribution in [2.75, 3.05) is 12.8 Å². The molecule has 0 aliphatic rings. The Hall–Kier alpha value is -0.840. The van der Waals surface area contributed by atoms with Gasteiger partial charge in [0.15, 0.2) is 9.84 Å². The van der Waals surface area contributed by atoms with E-state index in [0.717, 1.165) is 5.57 Å². The van der Waals surface area contributed by atoms with E-state index in [1.165, 1.54) is 6.26 Å². The van der Waals surface area contributed by atoms with E-state index in [9.17, 15) is 8.42 Å². The molecule has 0 amide bonds. The molecular formula is C12H16ClNO2S. The maximum Gasteiger partial charge on any atom is 0.175 e. The van der Waals surface area contributed by atoms with Gasteiger partial charge in [0.05, 0.1) is 4.90 Å². The monoisotopic (exact) mass is 273 g/mol. The lowest BCUT2D eigenvalue weighted by Gasteiger charge is -2.11. The lowest BCUT2D eigenvalue weighted by molar-refractivity contribution is 0.599. The lowest BCUT2D eigenvalue weighted by atomic mass is 10.2. The molecule has 0 aliphatic carbocycles. The largest absolute Gasteiger partial charge is 0.309 e. The SMILES string of the molecule is C=C(C)CNCc1c(Cl)cccc1S(C)(=O)=O. The first-order chi connectivity index (χ1) is 7.82. The highest BCUT2D eigenvalue weighted by Gasteiger charge is 2.15. The van der Waals surface area contributed by atoms with Gasteiger partial charge in [0.1, 0.15) is 0 Å². The van der Waals surface area contributed by atoms with Crippen LogP contribution in [0.4, 0.5) is 0 Å². The summed E-state index contributed by atoms with van der Waals surface area (Å²) >= 11 is 6.02. The summed E-state index contributed by atoms with van der Waals surface area (Å²) in [6.45, 7) is 6.71. The second kappa shape index (κ2) is 5.67. The van der Waals surface area contributed by atoms with Crippen LogP contribution in [-0.2, 0) is 16.4 Å². The number of benzene rings is 1. The van der Waals surface area contributed by atoms with Crippen LogP contribution in [-0.4, -0.2) is 21.2 Å². The van der Waals surface area contributed by atoms with E-state index >= 15 is 0 Å². The van der Waals surface area contributed by atoms with Gasteiger partial charge in [-0.3, -0.25) is 0 Å². The molecule has 17 heavy (non-hydrogen) atoms. The van der Waals surface area contributed by atoms with Crippen molar-refractivity contribution in [3.05, 3.63) is 40.9 Å². The lowest BCUT2D eigenvalue weighted by Crippen LogP contribution is -2.17. The molecule has 0 saturated heterocycles. The highest BCUT2D eigenvalue weighted by atomic mass is 35.5. The van der Waals surface area contributed by atoms with Gasteiger partial charge < -0.3 is 5.32 Å². The first-order valence-electron chi connectivity index (χ1n) is 5.15. The molecule has 0 atom stereocenters. The Kier molecular flexibility index (Phi) is 4.74. The quantitative estimate of drug-likeness (QED) is 0.838. The Bertz CT molecular complexity index is 523. The number of halogens is 1. The van der Waals surface area contributed by atoms with Crippen molar-refractivity contribution in [3.63, 3.8) is 0 Å². The van der Waals surface area contributed by atoms with Crippen molar-refractivity contribution in [3.8, 4) is 0 Å². The maximum absolute atomic E-state index is 11.6. The van der Waals surface area contributed by atoms with Gasteiger partial charge >= 0.3 is 0 Å². The van der Waals surface area contributed by atoms with Gasteiger partial charge in [-0.15, -0.1) is 0 Å². The van der Waals surface area contributed by atoms with Crippen molar-refractivity contribution < 1.29 is 8.42 Å². The van der Waals surface area contributed by atoms with Crippen LogP contribution in [0.2, 0.25) is 5.02 Å². The molecule has 0 aromatic heterocycles. The van der Waals surface area contributed by atoms with Crippen molar-refractivity contribution in [1.82, 2.24) is 5.32 Å². The summed E-state index contributed by atoms with van der Waals surface area (Å²) in [5, 5.41) is 3.57. The minimum atomic E-state index is -3.25. The zero-order chi connectivity index (χ0) is 13.1. The third kappa shape index (κ3) is 4.15. The molecule has 0 aliphatic heterocycles. The molecule has 0 heterocycles. The Morgan fingerprint density at radius 1 is 1.47 bits per heavy atom. The van der Waals surface area contributed by atoms with Gasteiger partial charge in [0, 0.05) is 29.9 Å². The molecule has 5 heteroatoms. The first-order valence-corrected chi connectivity index (χ1v) is 7.42. The summed E-state index contributed by atoms with van der Waals surface area (Å²) < 4.78 is 23.2. The summed E-state index contributed by atoms with van der Waals surface area (Å²) in [7, 11) is -3.25. The van der Waals surface area contributed by atoms with Crippen molar-refractivity contribution in [1.29, 1.82) is 0 Å². The molecule has 0 radical (unpaired) electrons. The highest BCUT2D eigenvalue weighted by Crippen LogP contribution is 2.23. The van der Waals surface area contributed by atoms with Crippen LogP contribution >= 0.6 is 11.6 Å². The molecule has 0 fully saturated rings. The Morgan fingerprint density at radius 3 is 2.65 bits per heavy atom. The fraction of sp³-hybridized carbons (Fsp3) is 0.333. The fourth-order valence-electron chi connectivity index (χ4n) is 1.46. The van der Waals surface area contributed by atoms with E-state index in [-0.39, 0.29) is 4.90 Å². The highest BCUT2D eigenvalue weighted by molar-refractivity contribution is 7.90. The molecule has 3 nitrogen and oxygen atoms in total. The summed E-state index contributed by atoms with van der Waals surface area (Å²) in [6.07, 6.45) is 1.18. The fourth-order valence-corrected chi connectivity index (χ4v) is 2.71. The summed E-state index contributed by atoms with van der Waals surface area (Å²) in [5.41, 5.74) is 1.59. The van der Waals surface area contributed by atoms with Gasteiger partial charge in [-0.1, -0.05) is 29.8 Å². The third-order valence-corrected chi connectivity index (χ3v) is 3.74. The Labute approximate surface area is 107 Å². The van der Waals surface area contributed by atoms with Gasteiger partial charge in [0.25, 0.3) is 0 Å². The zero-order valence-corrected chi connectivity index (χ0v) is 11.5. The average Bonchev–Trinajstić information content (AvgIpc) is 2.18.